The topological polar surface area (TPSA) is 115 Å². The summed E-state index contributed by atoms with van der Waals surface area (Å²) < 4.78 is 27.6. The minimum Gasteiger partial charge on any atom is -0.327 e. The van der Waals surface area contributed by atoms with Crippen LogP contribution in [0.1, 0.15) is 27.7 Å². The third-order valence-electron chi connectivity index (χ3n) is 4.72. The lowest BCUT2D eigenvalue weighted by atomic mass is 9.49. The molecule has 0 amide bonds. The van der Waals surface area contributed by atoms with Crippen LogP contribution in [0.3, 0.4) is 0 Å². The summed E-state index contributed by atoms with van der Waals surface area (Å²) in [5.74, 6) is 0. The molecule has 22 heavy (non-hydrogen) atoms. The number of rotatable bonds is 4. The second kappa shape index (κ2) is 5.00. The summed E-state index contributed by atoms with van der Waals surface area (Å²) in [4.78, 5) is 10.1. The molecule has 1 aliphatic rings. The summed E-state index contributed by atoms with van der Waals surface area (Å²) in [5.41, 5.74) is 5.25. The molecule has 3 N–H and O–H groups in total. The quantitative estimate of drug-likeness (QED) is 0.644. The molecule has 0 aromatic heterocycles. The highest BCUT2D eigenvalue weighted by Gasteiger charge is 2.61. The Morgan fingerprint density at radius 3 is 2.00 bits per heavy atom. The van der Waals surface area contributed by atoms with Crippen LogP contribution in [0.15, 0.2) is 29.2 Å². The fourth-order valence-corrected chi connectivity index (χ4v) is 5.00. The second-order valence-electron chi connectivity index (χ2n) is 6.93. The van der Waals surface area contributed by atoms with E-state index in [0.717, 1.165) is 0 Å². The van der Waals surface area contributed by atoms with Crippen molar-refractivity contribution in [3.8, 4) is 0 Å². The van der Waals surface area contributed by atoms with Crippen LogP contribution in [0.2, 0.25) is 0 Å². The number of hydrogen-bond acceptors (Lipinski definition) is 5. The summed E-state index contributed by atoms with van der Waals surface area (Å²) in [5, 5.41) is 10.6. The van der Waals surface area contributed by atoms with Gasteiger partial charge in [0.1, 0.15) is 0 Å². The molecule has 122 valence electrons. The van der Waals surface area contributed by atoms with E-state index in [2.05, 4.69) is 4.72 Å². The van der Waals surface area contributed by atoms with Gasteiger partial charge in [-0.05, 0) is 23.0 Å². The van der Waals surface area contributed by atoms with Crippen molar-refractivity contribution >= 4 is 15.7 Å². The number of nitrogens with zero attached hydrogens (tertiary/aromatic N) is 1. The molecule has 2 rings (SSSR count). The van der Waals surface area contributed by atoms with Crippen LogP contribution in [-0.2, 0) is 10.0 Å². The summed E-state index contributed by atoms with van der Waals surface area (Å²) in [6.45, 7) is 7.69. The predicted octanol–water partition coefficient (Wildman–Crippen LogP) is 1.64. The molecular weight excluding hydrogens is 306 g/mol. The Morgan fingerprint density at radius 1 is 1.14 bits per heavy atom. The van der Waals surface area contributed by atoms with E-state index in [0.29, 0.717) is 0 Å². The molecule has 1 aliphatic carbocycles. The monoisotopic (exact) mass is 327 g/mol. The lowest BCUT2D eigenvalue weighted by Gasteiger charge is -2.62. The maximum atomic E-state index is 12.5. The minimum absolute atomic E-state index is 0.00479. The fourth-order valence-electron chi connectivity index (χ4n) is 3.45. The molecule has 0 spiro atoms. The van der Waals surface area contributed by atoms with Crippen molar-refractivity contribution in [1.82, 2.24) is 4.72 Å². The van der Waals surface area contributed by atoms with E-state index >= 15 is 0 Å². The smallest absolute Gasteiger partial charge is 0.269 e. The zero-order valence-electron chi connectivity index (χ0n) is 13.0. The summed E-state index contributed by atoms with van der Waals surface area (Å²) in [6.07, 6.45) is 0. The van der Waals surface area contributed by atoms with Crippen molar-refractivity contribution in [3.05, 3.63) is 34.4 Å². The highest BCUT2D eigenvalue weighted by atomic mass is 32.2. The van der Waals surface area contributed by atoms with E-state index in [1.165, 1.54) is 24.3 Å². The maximum absolute atomic E-state index is 12.5. The number of nitrogens with two attached hydrogens (primary N) is 1. The molecule has 1 saturated carbocycles. The van der Waals surface area contributed by atoms with Crippen LogP contribution < -0.4 is 10.5 Å². The van der Waals surface area contributed by atoms with E-state index in [1.807, 2.05) is 27.7 Å². The lowest BCUT2D eigenvalue weighted by Crippen LogP contribution is -2.75. The summed E-state index contributed by atoms with van der Waals surface area (Å²) in [7, 11) is -3.76. The Kier molecular flexibility index (Phi) is 3.83. The zero-order valence-corrected chi connectivity index (χ0v) is 13.8. The molecule has 0 heterocycles. The van der Waals surface area contributed by atoms with Crippen LogP contribution in [0, 0.1) is 20.9 Å². The number of nitro groups is 1. The Bertz CT molecular complexity index is 679. The van der Waals surface area contributed by atoms with Crippen molar-refractivity contribution in [3.63, 3.8) is 0 Å². The normalized spacial score (nSPS) is 26.2. The molecule has 0 bridgehead atoms. The highest BCUT2D eigenvalue weighted by Crippen LogP contribution is 2.52. The van der Waals surface area contributed by atoms with Crippen molar-refractivity contribution in [1.29, 1.82) is 0 Å². The Hall–Kier alpha value is -1.51. The van der Waals surface area contributed by atoms with Crippen LogP contribution in [-0.4, -0.2) is 25.4 Å². The molecule has 8 heteroatoms. The number of nitro benzene ring substituents is 1. The predicted molar refractivity (Wildman–Crippen MR) is 82.7 cm³/mol. The second-order valence-corrected chi connectivity index (χ2v) is 8.64. The summed E-state index contributed by atoms with van der Waals surface area (Å²) >= 11 is 0. The van der Waals surface area contributed by atoms with Crippen LogP contribution in [0.5, 0.6) is 0 Å². The third kappa shape index (κ3) is 2.51. The first kappa shape index (κ1) is 16.9. The standard InChI is InChI=1S/C14H21N3O4S/c1-13(2)11(15)14(3,4)12(13)16-22(20,21)10-7-5-9(6-8-10)17(18)19/h5-8,11-12,16H,15H2,1-4H3. The average Bonchev–Trinajstić information content (AvgIpc) is 2.44. The summed E-state index contributed by atoms with van der Waals surface area (Å²) in [6, 6.07) is 4.40. The van der Waals surface area contributed by atoms with Crippen molar-refractivity contribution < 1.29 is 13.3 Å². The van der Waals surface area contributed by atoms with E-state index in [1.54, 1.807) is 0 Å². The van der Waals surface area contributed by atoms with Gasteiger partial charge in [0.25, 0.3) is 5.69 Å². The zero-order chi connectivity index (χ0) is 16.9. The van der Waals surface area contributed by atoms with Gasteiger partial charge >= 0.3 is 0 Å². The van der Waals surface area contributed by atoms with Gasteiger partial charge in [0.05, 0.1) is 9.82 Å². The van der Waals surface area contributed by atoms with Crippen molar-refractivity contribution in [2.45, 2.75) is 44.7 Å². The molecule has 7 nitrogen and oxygen atoms in total. The molecule has 0 saturated heterocycles. The fraction of sp³-hybridized carbons (Fsp3) is 0.571. The number of benzene rings is 1. The van der Waals surface area contributed by atoms with E-state index < -0.39 is 14.9 Å². The van der Waals surface area contributed by atoms with E-state index in [-0.39, 0.29) is 33.5 Å². The van der Waals surface area contributed by atoms with Gasteiger partial charge in [-0.3, -0.25) is 10.1 Å². The number of hydrogen-bond donors (Lipinski definition) is 2. The average molecular weight is 327 g/mol. The molecule has 1 fully saturated rings. The molecular formula is C14H21N3O4S. The molecule has 0 radical (unpaired) electrons. The van der Waals surface area contributed by atoms with Gasteiger partial charge in [-0.25, -0.2) is 13.1 Å². The van der Waals surface area contributed by atoms with Gasteiger partial charge in [-0.15, -0.1) is 0 Å². The number of sulfonamides is 1. The third-order valence-corrected chi connectivity index (χ3v) is 6.16. The first-order chi connectivity index (χ1) is 9.90. The molecule has 0 unspecified atom stereocenters. The molecule has 0 atom stereocenters. The van der Waals surface area contributed by atoms with E-state index in [4.69, 9.17) is 5.73 Å². The Morgan fingerprint density at radius 2 is 1.59 bits per heavy atom. The van der Waals surface area contributed by atoms with Crippen LogP contribution >= 0.6 is 0 Å². The van der Waals surface area contributed by atoms with Gasteiger partial charge in [0.15, 0.2) is 0 Å². The molecule has 1 aromatic rings. The van der Waals surface area contributed by atoms with Gasteiger partial charge in [-0.1, -0.05) is 27.7 Å². The van der Waals surface area contributed by atoms with Gasteiger partial charge in [0.2, 0.25) is 10.0 Å². The van der Waals surface area contributed by atoms with Crippen molar-refractivity contribution in [2.75, 3.05) is 0 Å². The highest BCUT2D eigenvalue weighted by molar-refractivity contribution is 7.89. The van der Waals surface area contributed by atoms with Crippen molar-refractivity contribution in [2.24, 2.45) is 16.6 Å². The van der Waals surface area contributed by atoms with Crippen LogP contribution in [0.25, 0.3) is 0 Å². The molecule has 0 aliphatic heterocycles. The first-order valence-electron chi connectivity index (χ1n) is 6.93. The Labute approximate surface area is 130 Å². The first-order valence-corrected chi connectivity index (χ1v) is 8.41. The van der Waals surface area contributed by atoms with Gasteiger partial charge < -0.3 is 5.73 Å². The molecule has 1 aromatic carbocycles. The lowest BCUT2D eigenvalue weighted by molar-refractivity contribution is -0.384. The van der Waals surface area contributed by atoms with E-state index in [9.17, 15) is 18.5 Å². The van der Waals surface area contributed by atoms with Gasteiger partial charge in [0, 0.05) is 24.2 Å². The Balaban J connectivity index is 2.27. The SMILES string of the molecule is CC1(C)C(N)C(C)(C)C1NS(=O)(=O)c1ccc([N+](=O)[O-])cc1. The van der Waals surface area contributed by atoms with Crippen LogP contribution in [0.4, 0.5) is 5.69 Å². The number of nitrogens with one attached hydrogen (secondary N) is 1. The minimum atomic E-state index is -3.76. The maximum Gasteiger partial charge on any atom is 0.269 e. The largest absolute Gasteiger partial charge is 0.327 e. The number of non-ortho nitro benzene ring substituents is 1. The van der Waals surface area contributed by atoms with Gasteiger partial charge in [-0.2, -0.15) is 0 Å².